The van der Waals surface area contributed by atoms with Gasteiger partial charge in [-0.25, -0.2) is 9.97 Å². The van der Waals surface area contributed by atoms with Crippen molar-refractivity contribution in [1.29, 1.82) is 0 Å². The Morgan fingerprint density at radius 2 is 1.93 bits per heavy atom. The van der Waals surface area contributed by atoms with Gasteiger partial charge in [0.25, 0.3) is 11.5 Å². The first-order valence-corrected chi connectivity index (χ1v) is 9.10. The van der Waals surface area contributed by atoms with Crippen LogP contribution in [-0.2, 0) is 12.8 Å². The van der Waals surface area contributed by atoms with E-state index < -0.39 is 0 Å². The highest BCUT2D eigenvalue weighted by atomic mass is 16.5. The molecule has 0 saturated carbocycles. The van der Waals surface area contributed by atoms with Gasteiger partial charge in [0.2, 0.25) is 0 Å². The molecular weight excluding hydrogens is 340 g/mol. The molecule has 138 valence electrons. The number of rotatable bonds is 3. The van der Waals surface area contributed by atoms with Gasteiger partial charge in [-0.3, -0.25) is 4.79 Å². The molecule has 0 fully saturated rings. The molecule has 1 atom stereocenters. The molecule has 3 aromatic rings. The number of ether oxygens (including phenoxy) is 1. The minimum absolute atomic E-state index is 0.114. The topological polar surface area (TPSA) is 69.9 Å². The average Bonchev–Trinajstić information content (AvgIpc) is 2.69. The first-order chi connectivity index (χ1) is 13.1. The molecule has 1 aliphatic carbocycles. The number of hydrogen-bond donors (Lipinski definition) is 0. The lowest BCUT2D eigenvalue weighted by Crippen LogP contribution is -2.30. The minimum Gasteiger partial charge on any atom is -0.497 e. The Balaban J connectivity index is 1.68. The summed E-state index contributed by atoms with van der Waals surface area (Å²) in [6.45, 7) is 4.03. The SMILES string of the molecule is COc1ccc(C)c(C2CCc3c(cnn(-c4ncc(C)cn4)c3=O)C2)c1. The summed E-state index contributed by atoms with van der Waals surface area (Å²) < 4.78 is 6.68. The third kappa shape index (κ3) is 3.23. The summed E-state index contributed by atoms with van der Waals surface area (Å²) in [4.78, 5) is 21.4. The smallest absolute Gasteiger partial charge is 0.277 e. The molecule has 1 unspecified atom stereocenters. The van der Waals surface area contributed by atoms with Crippen LogP contribution in [0.4, 0.5) is 0 Å². The van der Waals surface area contributed by atoms with Gasteiger partial charge in [0.05, 0.1) is 13.3 Å². The predicted molar refractivity (Wildman–Crippen MR) is 103 cm³/mol. The molecule has 0 bridgehead atoms. The van der Waals surface area contributed by atoms with Gasteiger partial charge < -0.3 is 4.74 Å². The van der Waals surface area contributed by atoms with E-state index >= 15 is 0 Å². The summed E-state index contributed by atoms with van der Waals surface area (Å²) in [5, 5.41) is 4.33. The van der Waals surface area contributed by atoms with Gasteiger partial charge in [-0.15, -0.1) is 0 Å². The van der Waals surface area contributed by atoms with E-state index in [2.05, 4.69) is 34.1 Å². The van der Waals surface area contributed by atoms with E-state index in [0.29, 0.717) is 11.9 Å². The van der Waals surface area contributed by atoms with Gasteiger partial charge in [-0.05, 0) is 73.4 Å². The summed E-state index contributed by atoms with van der Waals surface area (Å²) >= 11 is 0. The molecule has 0 amide bonds. The van der Waals surface area contributed by atoms with Crippen molar-refractivity contribution >= 4 is 0 Å². The maximum atomic E-state index is 12.9. The van der Waals surface area contributed by atoms with Gasteiger partial charge >= 0.3 is 0 Å². The van der Waals surface area contributed by atoms with Gasteiger partial charge in [-0.2, -0.15) is 9.78 Å². The van der Waals surface area contributed by atoms with Crippen LogP contribution >= 0.6 is 0 Å². The van der Waals surface area contributed by atoms with Crippen molar-refractivity contribution in [3.05, 3.63) is 75.0 Å². The monoisotopic (exact) mass is 362 g/mol. The molecule has 2 aromatic heterocycles. The van der Waals surface area contributed by atoms with Crippen molar-refractivity contribution in [3.63, 3.8) is 0 Å². The molecule has 27 heavy (non-hydrogen) atoms. The Morgan fingerprint density at radius 1 is 1.15 bits per heavy atom. The maximum Gasteiger partial charge on any atom is 0.277 e. The molecule has 0 saturated heterocycles. The van der Waals surface area contributed by atoms with Crippen LogP contribution in [0.15, 0.2) is 41.6 Å². The van der Waals surface area contributed by atoms with Crippen molar-refractivity contribution < 1.29 is 4.74 Å². The molecule has 6 nitrogen and oxygen atoms in total. The Morgan fingerprint density at radius 3 is 2.67 bits per heavy atom. The van der Waals surface area contributed by atoms with Crippen LogP contribution in [0, 0.1) is 13.8 Å². The van der Waals surface area contributed by atoms with E-state index in [9.17, 15) is 4.79 Å². The number of fused-ring (bicyclic) bond motifs is 1. The van der Waals surface area contributed by atoms with Gasteiger partial charge in [-0.1, -0.05) is 6.07 Å². The fourth-order valence-electron chi connectivity index (χ4n) is 3.74. The van der Waals surface area contributed by atoms with Crippen molar-refractivity contribution in [2.75, 3.05) is 7.11 Å². The zero-order valence-electron chi connectivity index (χ0n) is 15.8. The fraction of sp³-hybridized carbons (Fsp3) is 0.333. The van der Waals surface area contributed by atoms with Crippen LogP contribution in [0.2, 0.25) is 0 Å². The summed E-state index contributed by atoms with van der Waals surface area (Å²) in [5.74, 6) is 1.55. The lowest BCUT2D eigenvalue weighted by molar-refractivity contribution is 0.413. The van der Waals surface area contributed by atoms with Crippen molar-refractivity contribution in [3.8, 4) is 11.7 Å². The van der Waals surface area contributed by atoms with E-state index in [4.69, 9.17) is 4.74 Å². The number of methoxy groups -OCH3 is 1. The Bertz CT molecular complexity index is 1040. The molecule has 4 rings (SSSR count). The lowest BCUT2D eigenvalue weighted by atomic mass is 9.80. The summed E-state index contributed by atoms with van der Waals surface area (Å²) in [6, 6.07) is 6.19. The highest BCUT2D eigenvalue weighted by Gasteiger charge is 2.25. The fourth-order valence-corrected chi connectivity index (χ4v) is 3.74. The van der Waals surface area contributed by atoms with Gasteiger partial charge in [0, 0.05) is 18.0 Å². The van der Waals surface area contributed by atoms with Gasteiger partial charge in [0.1, 0.15) is 5.75 Å². The molecule has 1 aromatic carbocycles. The largest absolute Gasteiger partial charge is 0.497 e. The number of aryl methyl sites for hydroxylation is 2. The van der Waals surface area contributed by atoms with E-state index in [0.717, 1.165) is 41.7 Å². The average molecular weight is 362 g/mol. The highest BCUT2D eigenvalue weighted by molar-refractivity contribution is 5.40. The van der Waals surface area contributed by atoms with Gasteiger partial charge in [0.15, 0.2) is 0 Å². The summed E-state index contributed by atoms with van der Waals surface area (Å²) in [5.41, 5.74) is 5.20. The van der Waals surface area contributed by atoms with E-state index in [-0.39, 0.29) is 5.56 Å². The van der Waals surface area contributed by atoms with Crippen LogP contribution in [0.5, 0.6) is 5.75 Å². The third-order valence-electron chi connectivity index (χ3n) is 5.26. The summed E-state index contributed by atoms with van der Waals surface area (Å²) in [7, 11) is 1.68. The zero-order chi connectivity index (χ0) is 19.0. The van der Waals surface area contributed by atoms with E-state index in [1.54, 1.807) is 25.7 Å². The summed E-state index contributed by atoms with van der Waals surface area (Å²) in [6.07, 6.45) is 7.64. The number of nitrogens with zero attached hydrogens (tertiary/aromatic N) is 4. The van der Waals surface area contributed by atoms with Crippen LogP contribution in [0.3, 0.4) is 0 Å². The normalized spacial score (nSPS) is 16.0. The van der Waals surface area contributed by atoms with Crippen molar-refractivity contribution in [2.45, 2.75) is 39.0 Å². The molecule has 6 heteroatoms. The second-order valence-corrected chi connectivity index (χ2v) is 7.09. The molecular formula is C21H22N4O2. The predicted octanol–water partition coefficient (Wildman–Crippen LogP) is 2.92. The number of benzene rings is 1. The first kappa shape index (κ1) is 17.4. The Hall–Kier alpha value is -3.02. The second kappa shape index (κ2) is 6.95. The molecule has 2 heterocycles. The zero-order valence-corrected chi connectivity index (χ0v) is 15.8. The molecule has 1 aliphatic rings. The third-order valence-corrected chi connectivity index (χ3v) is 5.26. The Labute approximate surface area is 157 Å². The highest BCUT2D eigenvalue weighted by Crippen LogP contribution is 2.34. The van der Waals surface area contributed by atoms with Crippen LogP contribution in [0.1, 0.15) is 40.2 Å². The number of aromatic nitrogens is 4. The van der Waals surface area contributed by atoms with Crippen LogP contribution < -0.4 is 10.3 Å². The van der Waals surface area contributed by atoms with Crippen molar-refractivity contribution in [1.82, 2.24) is 19.7 Å². The molecule has 0 radical (unpaired) electrons. The molecule has 0 spiro atoms. The van der Waals surface area contributed by atoms with Crippen LogP contribution in [-0.4, -0.2) is 26.9 Å². The Kier molecular flexibility index (Phi) is 4.48. The molecule has 0 aliphatic heterocycles. The lowest BCUT2D eigenvalue weighted by Gasteiger charge is -2.26. The number of hydrogen-bond acceptors (Lipinski definition) is 5. The quantitative estimate of drug-likeness (QED) is 0.716. The van der Waals surface area contributed by atoms with Crippen LogP contribution in [0.25, 0.3) is 5.95 Å². The standard InChI is InChI=1S/C21H22N4O2/c1-13-10-22-21(23-11-13)25-20(26)18-7-5-15(8-16(18)12-24-25)19-9-17(27-3)6-4-14(19)2/h4,6,9-12,15H,5,7-8H2,1-3H3. The van der Waals surface area contributed by atoms with Crippen molar-refractivity contribution in [2.24, 2.45) is 0 Å². The molecule has 0 N–H and O–H groups in total. The van der Waals surface area contributed by atoms with E-state index in [1.165, 1.54) is 15.8 Å². The minimum atomic E-state index is -0.114. The van der Waals surface area contributed by atoms with E-state index in [1.807, 2.05) is 13.0 Å². The first-order valence-electron chi connectivity index (χ1n) is 9.10. The second-order valence-electron chi connectivity index (χ2n) is 7.09. The maximum absolute atomic E-state index is 12.9.